The van der Waals surface area contributed by atoms with Crippen LogP contribution in [0.1, 0.15) is 16.1 Å². The van der Waals surface area contributed by atoms with E-state index < -0.39 is 5.97 Å². The minimum atomic E-state index is -0.410. The van der Waals surface area contributed by atoms with E-state index in [0.717, 1.165) is 16.0 Å². The molecule has 18 heavy (non-hydrogen) atoms. The van der Waals surface area contributed by atoms with Gasteiger partial charge in [0.2, 0.25) is 0 Å². The first-order chi connectivity index (χ1) is 8.76. The molecule has 1 aromatic carbocycles. The van der Waals surface area contributed by atoms with Gasteiger partial charge >= 0.3 is 5.97 Å². The molecule has 5 heteroatoms. The van der Waals surface area contributed by atoms with Crippen molar-refractivity contribution in [3.63, 3.8) is 0 Å². The van der Waals surface area contributed by atoms with Crippen LogP contribution in [0.2, 0.25) is 0 Å². The van der Waals surface area contributed by atoms with Crippen molar-refractivity contribution in [2.75, 3.05) is 14.2 Å². The van der Waals surface area contributed by atoms with E-state index in [1.54, 1.807) is 12.6 Å². The number of rotatable bonds is 4. The van der Waals surface area contributed by atoms with E-state index >= 15 is 0 Å². The van der Waals surface area contributed by atoms with E-state index in [2.05, 4.69) is 4.98 Å². The molecular weight excluding hydrogens is 250 g/mol. The Bertz CT molecular complexity index is 533. The predicted octanol–water partition coefficient (Wildman–Crippen LogP) is 2.74. The first-order valence-electron chi connectivity index (χ1n) is 5.36. The zero-order valence-corrected chi connectivity index (χ0v) is 11.0. The Morgan fingerprint density at radius 2 is 2.00 bits per heavy atom. The summed E-state index contributed by atoms with van der Waals surface area (Å²) in [5.74, 6) is -0.410. The van der Waals surface area contributed by atoms with Crippen LogP contribution in [0.5, 0.6) is 0 Å². The molecule has 0 radical (unpaired) electrons. The zero-order chi connectivity index (χ0) is 13.0. The highest BCUT2D eigenvalue weighted by molar-refractivity contribution is 7.13. The summed E-state index contributed by atoms with van der Waals surface area (Å²) in [4.78, 5) is 16.4. The summed E-state index contributed by atoms with van der Waals surface area (Å²) in [5, 5.41) is 0. The molecule has 0 unspecified atom stereocenters. The van der Waals surface area contributed by atoms with Gasteiger partial charge in [-0.2, -0.15) is 0 Å². The summed E-state index contributed by atoms with van der Waals surface area (Å²) in [6, 6.07) is 7.85. The maximum Gasteiger partial charge on any atom is 0.358 e. The van der Waals surface area contributed by atoms with Crippen molar-refractivity contribution >= 4 is 17.3 Å². The molecule has 0 fully saturated rings. The van der Waals surface area contributed by atoms with Gasteiger partial charge in [-0.25, -0.2) is 9.78 Å². The van der Waals surface area contributed by atoms with Gasteiger partial charge in [0.15, 0.2) is 5.69 Å². The molecule has 0 amide bonds. The Kier molecular flexibility index (Phi) is 4.07. The van der Waals surface area contributed by atoms with Crippen LogP contribution < -0.4 is 0 Å². The van der Waals surface area contributed by atoms with Crippen LogP contribution in [0.3, 0.4) is 0 Å². The van der Waals surface area contributed by atoms with E-state index in [9.17, 15) is 4.79 Å². The Morgan fingerprint density at radius 3 is 2.61 bits per heavy atom. The van der Waals surface area contributed by atoms with Gasteiger partial charge in [0.25, 0.3) is 0 Å². The first-order valence-corrected chi connectivity index (χ1v) is 6.24. The largest absolute Gasteiger partial charge is 0.464 e. The highest BCUT2D eigenvalue weighted by atomic mass is 32.1. The topological polar surface area (TPSA) is 48.4 Å². The summed E-state index contributed by atoms with van der Waals surface area (Å²) in [7, 11) is 3.01. The van der Waals surface area contributed by atoms with Crippen LogP contribution in [0.4, 0.5) is 0 Å². The third-order valence-corrected chi connectivity index (χ3v) is 3.35. The Hall–Kier alpha value is -1.72. The molecule has 1 heterocycles. The van der Waals surface area contributed by atoms with Crippen molar-refractivity contribution in [2.24, 2.45) is 0 Å². The van der Waals surface area contributed by atoms with Gasteiger partial charge in [0.05, 0.1) is 24.1 Å². The lowest BCUT2D eigenvalue weighted by molar-refractivity contribution is 0.0596. The number of hydrogen-bond acceptors (Lipinski definition) is 5. The highest BCUT2D eigenvalue weighted by Gasteiger charge is 2.16. The average molecular weight is 263 g/mol. The van der Waals surface area contributed by atoms with Crippen LogP contribution >= 0.6 is 11.3 Å². The molecule has 0 aliphatic carbocycles. The van der Waals surface area contributed by atoms with Gasteiger partial charge < -0.3 is 9.47 Å². The number of esters is 1. The smallest absolute Gasteiger partial charge is 0.358 e. The normalized spacial score (nSPS) is 10.3. The van der Waals surface area contributed by atoms with E-state index in [0.29, 0.717) is 12.3 Å². The maximum absolute atomic E-state index is 11.5. The third kappa shape index (κ3) is 2.57. The number of ether oxygens (including phenoxy) is 2. The van der Waals surface area contributed by atoms with Crippen molar-refractivity contribution in [1.29, 1.82) is 0 Å². The minimum absolute atomic E-state index is 0.363. The van der Waals surface area contributed by atoms with E-state index in [1.807, 2.05) is 24.3 Å². The van der Waals surface area contributed by atoms with Crippen LogP contribution in [0, 0.1) is 0 Å². The predicted molar refractivity (Wildman–Crippen MR) is 69.6 cm³/mol. The molecule has 0 bridgehead atoms. The van der Waals surface area contributed by atoms with E-state index in [-0.39, 0.29) is 0 Å². The van der Waals surface area contributed by atoms with Crippen LogP contribution in [-0.4, -0.2) is 25.2 Å². The Labute approximate surface area is 109 Å². The molecular formula is C13H13NO3S. The third-order valence-electron chi connectivity index (χ3n) is 2.47. The highest BCUT2D eigenvalue weighted by Crippen LogP contribution is 2.28. The monoisotopic (exact) mass is 263 g/mol. The second-order valence-corrected chi connectivity index (χ2v) is 4.51. The number of thiazole rings is 1. The molecule has 0 N–H and O–H groups in total. The van der Waals surface area contributed by atoms with E-state index in [1.165, 1.54) is 18.4 Å². The lowest BCUT2D eigenvalue weighted by Crippen LogP contribution is -2.02. The number of carbonyl (C=O) groups is 1. The molecule has 0 saturated carbocycles. The maximum atomic E-state index is 11.5. The summed E-state index contributed by atoms with van der Waals surface area (Å²) in [5.41, 5.74) is 4.05. The van der Waals surface area contributed by atoms with Crippen molar-refractivity contribution in [3.8, 4) is 10.4 Å². The first kappa shape index (κ1) is 12.7. The molecule has 2 rings (SSSR count). The number of nitrogens with zero attached hydrogens (tertiary/aromatic N) is 1. The Morgan fingerprint density at radius 1 is 1.28 bits per heavy atom. The summed E-state index contributed by atoms with van der Waals surface area (Å²) >= 11 is 1.42. The number of hydrogen-bond donors (Lipinski definition) is 0. The quantitative estimate of drug-likeness (QED) is 0.796. The lowest BCUT2D eigenvalue weighted by atomic mass is 10.1. The van der Waals surface area contributed by atoms with Gasteiger partial charge in [-0.1, -0.05) is 24.3 Å². The fourth-order valence-corrected chi connectivity index (χ4v) is 2.40. The van der Waals surface area contributed by atoms with Gasteiger partial charge in [0.1, 0.15) is 0 Å². The second-order valence-electron chi connectivity index (χ2n) is 3.65. The summed E-state index contributed by atoms with van der Waals surface area (Å²) in [6.07, 6.45) is 0. The summed E-state index contributed by atoms with van der Waals surface area (Å²) in [6.45, 7) is 0.576. The average Bonchev–Trinajstić information content (AvgIpc) is 2.88. The number of benzene rings is 1. The molecule has 2 aromatic rings. The number of aromatic nitrogens is 1. The SMILES string of the molecule is COCc1ccc(-c2scnc2C(=O)OC)cc1. The molecule has 94 valence electrons. The molecule has 0 spiro atoms. The van der Waals surface area contributed by atoms with Crippen molar-refractivity contribution in [1.82, 2.24) is 4.98 Å². The minimum Gasteiger partial charge on any atom is -0.464 e. The van der Waals surface area contributed by atoms with Gasteiger partial charge in [-0.3, -0.25) is 0 Å². The number of methoxy groups -OCH3 is 2. The summed E-state index contributed by atoms with van der Waals surface area (Å²) < 4.78 is 9.76. The van der Waals surface area contributed by atoms with Crippen molar-refractivity contribution in [2.45, 2.75) is 6.61 Å². The van der Waals surface area contributed by atoms with Crippen molar-refractivity contribution < 1.29 is 14.3 Å². The molecule has 0 aliphatic rings. The fourth-order valence-electron chi connectivity index (χ4n) is 1.61. The van der Waals surface area contributed by atoms with Gasteiger partial charge in [-0.05, 0) is 11.1 Å². The number of carbonyl (C=O) groups excluding carboxylic acids is 1. The van der Waals surface area contributed by atoms with Crippen LogP contribution in [0.15, 0.2) is 29.8 Å². The van der Waals surface area contributed by atoms with Gasteiger partial charge in [0, 0.05) is 7.11 Å². The standard InChI is InChI=1S/C13H13NO3S/c1-16-7-9-3-5-10(6-4-9)12-11(13(15)17-2)14-8-18-12/h3-6,8H,7H2,1-2H3. The Balaban J connectivity index is 2.31. The lowest BCUT2D eigenvalue weighted by Gasteiger charge is -2.03. The molecule has 1 aromatic heterocycles. The molecule has 0 atom stereocenters. The van der Waals surface area contributed by atoms with Crippen LogP contribution in [-0.2, 0) is 16.1 Å². The molecule has 0 saturated heterocycles. The molecule has 4 nitrogen and oxygen atoms in total. The van der Waals surface area contributed by atoms with Crippen LogP contribution in [0.25, 0.3) is 10.4 Å². The second kappa shape index (κ2) is 5.75. The fraction of sp³-hybridized carbons (Fsp3) is 0.231. The van der Waals surface area contributed by atoms with Gasteiger partial charge in [-0.15, -0.1) is 11.3 Å². The van der Waals surface area contributed by atoms with E-state index in [4.69, 9.17) is 9.47 Å². The zero-order valence-electron chi connectivity index (χ0n) is 10.2. The molecule has 0 aliphatic heterocycles. The van der Waals surface area contributed by atoms with Crippen molar-refractivity contribution in [3.05, 3.63) is 41.0 Å².